The van der Waals surface area contributed by atoms with Gasteiger partial charge >= 0.3 is 0 Å². The van der Waals surface area contributed by atoms with Crippen molar-refractivity contribution < 1.29 is 0 Å². The van der Waals surface area contributed by atoms with Crippen LogP contribution in [0.5, 0.6) is 0 Å². The highest BCUT2D eigenvalue weighted by Crippen LogP contribution is 2.10. The van der Waals surface area contributed by atoms with Crippen LogP contribution in [-0.2, 0) is 6.54 Å². The molecule has 0 unspecified atom stereocenters. The number of aromatic nitrogens is 2. The van der Waals surface area contributed by atoms with Crippen LogP contribution >= 0.6 is 0 Å². The van der Waals surface area contributed by atoms with Gasteiger partial charge in [0, 0.05) is 18.9 Å². The predicted molar refractivity (Wildman–Crippen MR) is 65.3 cm³/mol. The average Bonchev–Trinajstić information content (AvgIpc) is 2.38. The highest BCUT2D eigenvalue weighted by atomic mass is 14.9. The van der Waals surface area contributed by atoms with E-state index < -0.39 is 0 Å². The summed E-state index contributed by atoms with van der Waals surface area (Å²) >= 11 is 0. The lowest BCUT2D eigenvalue weighted by atomic mass is 10.1. The van der Waals surface area contributed by atoms with Crippen molar-refractivity contribution in [2.75, 3.05) is 5.32 Å². The molecule has 0 spiro atoms. The summed E-state index contributed by atoms with van der Waals surface area (Å²) in [4.78, 5) is 8.08. The highest BCUT2D eigenvalue weighted by Gasteiger charge is 1.98. The summed E-state index contributed by atoms with van der Waals surface area (Å²) in [6, 6.07) is 7.51. The minimum Gasteiger partial charge on any atom is -0.380 e. The monoisotopic (exact) mass is 224 g/mol. The lowest BCUT2D eigenvalue weighted by Crippen LogP contribution is -2.02. The maximum absolute atomic E-state index is 8.63. The largest absolute Gasteiger partial charge is 0.380 e. The van der Waals surface area contributed by atoms with Crippen molar-refractivity contribution in [3.8, 4) is 6.07 Å². The van der Waals surface area contributed by atoms with Crippen LogP contribution in [0.1, 0.15) is 16.8 Å². The number of aryl methyl sites for hydroxylation is 1. The van der Waals surface area contributed by atoms with Crippen LogP contribution < -0.4 is 5.32 Å². The van der Waals surface area contributed by atoms with Gasteiger partial charge in [0.2, 0.25) is 0 Å². The summed E-state index contributed by atoms with van der Waals surface area (Å²) in [6.07, 6.45) is 5.28. The van der Waals surface area contributed by atoms with Crippen molar-refractivity contribution in [2.24, 2.45) is 0 Å². The Kier molecular flexibility index (Phi) is 3.31. The molecule has 2 heterocycles. The molecule has 0 fully saturated rings. The Morgan fingerprint density at radius 3 is 2.82 bits per heavy atom. The molecule has 2 rings (SSSR count). The van der Waals surface area contributed by atoms with E-state index in [1.165, 1.54) is 5.56 Å². The number of hydrogen-bond donors (Lipinski definition) is 1. The van der Waals surface area contributed by atoms with Crippen LogP contribution in [0.4, 0.5) is 5.69 Å². The van der Waals surface area contributed by atoms with Crippen molar-refractivity contribution in [3.63, 3.8) is 0 Å². The molecule has 4 heteroatoms. The van der Waals surface area contributed by atoms with Gasteiger partial charge in [0.1, 0.15) is 11.8 Å². The molecular formula is C13H12N4. The first-order valence-corrected chi connectivity index (χ1v) is 5.29. The van der Waals surface area contributed by atoms with Crippen LogP contribution in [0.25, 0.3) is 0 Å². The van der Waals surface area contributed by atoms with E-state index >= 15 is 0 Å². The first-order chi connectivity index (χ1) is 8.29. The molecule has 0 aliphatic rings. The standard InChI is InChI=1S/C13H12N4/c1-10-4-5-15-7-11(10)8-16-13-3-2-12(6-14)17-9-13/h2-5,7,9,16H,8H2,1H3. The number of nitrogens with zero attached hydrogens (tertiary/aromatic N) is 3. The number of nitriles is 1. The van der Waals surface area contributed by atoms with Crippen molar-refractivity contribution >= 4 is 5.69 Å². The maximum atomic E-state index is 8.63. The first kappa shape index (κ1) is 11.1. The highest BCUT2D eigenvalue weighted by molar-refractivity contribution is 5.43. The van der Waals surface area contributed by atoms with E-state index in [4.69, 9.17) is 5.26 Å². The Balaban J connectivity index is 2.03. The van der Waals surface area contributed by atoms with Gasteiger partial charge in [-0.15, -0.1) is 0 Å². The number of rotatable bonds is 3. The lowest BCUT2D eigenvalue weighted by Gasteiger charge is -2.07. The molecule has 0 radical (unpaired) electrons. The quantitative estimate of drug-likeness (QED) is 0.868. The fourth-order valence-electron chi connectivity index (χ4n) is 1.44. The molecule has 1 N–H and O–H groups in total. The molecule has 17 heavy (non-hydrogen) atoms. The molecule has 0 aliphatic heterocycles. The number of pyridine rings is 2. The zero-order valence-electron chi connectivity index (χ0n) is 9.51. The van der Waals surface area contributed by atoms with E-state index in [0.29, 0.717) is 12.2 Å². The molecule has 0 atom stereocenters. The smallest absolute Gasteiger partial charge is 0.140 e. The van der Waals surface area contributed by atoms with E-state index in [9.17, 15) is 0 Å². The van der Waals surface area contributed by atoms with E-state index in [1.54, 1.807) is 18.5 Å². The van der Waals surface area contributed by atoms with Gasteiger partial charge in [-0.2, -0.15) is 5.26 Å². The molecule has 0 bridgehead atoms. The minimum atomic E-state index is 0.424. The van der Waals surface area contributed by atoms with Crippen LogP contribution in [0, 0.1) is 18.3 Å². The van der Waals surface area contributed by atoms with Gasteiger partial charge in [0.05, 0.1) is 11.9 Å². The zero-order chi connectivity index (χ0) is 12.1. The summed E-state index contributed by atoms with van der Waals surface area (Å²) < 4.78 is 0. The number of hydrogen-bond acceptors (Lipinski definition) is 4. The molecule has 2 aromatic rings. The summed E-state index contributed by atoms with van der Waals surface area (Å²) in [6.45, 7) is 2.75. The molecule has 2 aromatic heterocycles. The second kappa shape index (κ2) is 5.08. The van der Waals surface area contributed by atoms with Gasteiger partial charge in [-0.25, -0.2) is 4.98 Å². The normalized spacial score (nSPS) is 9.65. The first-order valence-electron chi connectivity index (χ1n) is 5.29. The van der Waals surface area contributed by atoms with Gasteiger partial charge in [0.25, 0.3) is 0 Å². The van der Waals surface area contributed by atoms with Crippen LogP contribution in [0.3, 0.4) is 0 Å². The van der Waals surface area contributed by atoms with Gasteiger partial charge < -0.3 is 5.32 Å². The third kappa shape index (κ3) is 2.79. The van der Waals surface area contributed by atoms with Crippen LogP contribution in [0.15, 0.2) is 36.8 Å². The van der Waals surface area contributed by atoms with E-state index in [1.807, 2.05) is 24.4 Å². The van der Waals surface area contributed by atoms with Gasteiger partial charge in [0.15, 0.2) is 0 Å². The van der Waals surface area contributed by atoms with Gasteiger partial charge in [-0.05, 0) is 36.2 Å². The maximum Gasteiger partial charge on any atom is 0.140 e. The molecule has 84 valence electrons. The second-order valence-corrected chi connectivity index (χ2v) is 3.70. The van der Waals surface area contributed by atoms with Crippen LogP contribution in [0.2, 0.25) is 0 Å². The zero-order valence-corrected chi connectivity index (χ0v) is 9.51. The molecular weight excluding hydrogens is 212 g/mol. The summed E-state index contributed by atoms with van der Waals surface area (Å²) in [5.41, 5.74) is 3.67. The van der Waals surface area contributed by atoms with Gasteiger partial charge in [-0.1, -0.05) is 0 Å². The fourth-order valence-corrected chi connectivity index (χ4v) is 1.44. The number of nitrogens with one attached hydrogen (secondary N) is 1. The van der Waals surface area contributed by atoms with Crippen molar-refractivity contribution in [2.45, 2.75) is 13.5 Å². The minimum absolute atomic E-state index is 0.424. The summed E-state index contributed by atoms with van der Waals surface area (Å²) in [5.74, 6) is 0. The van der Waals surface area contributed by atoms with Crippen molar-refractivity contribution in [3.05, 3.63) is 53.6 Å². The third-order valence-electron chi connectivity index (χ3n) is 2.51. The Labute approximate surface area is 100.0 Å². The SMILES string of the molecule is Cc1ccncc1CNc1ccc(C#N)nc1. The summed E-state index contributed by atoms with van der Waals surface area (Å²) in [7, 11) is 0. The third-order valence-corrected chi connectivity index (χ3v) is 2.51. The topological polar surface area (TPSA) is 61.6 Å². The molecule has 0 aromatic carbocycles. The predicted octanol–water partition coefficient (Wildman–Crippen LogP) is 2.27. The molecule has 0 amide bonds. The molecule has 0 saturated heterocycles. The van der Waals surface area contributed by atoms with Gasteiger partial charge in [-0.3, -0.25) is 4.98 Å². The Hall–Kier alpha value is -2.41. The van der Waals surface area contributed by atoms with Crippen LogP contribution in [-0.4, -0.2) is 9.97 Å². The molecule has 0 saturated carbocycles. The van der Waals surface area contributed by atoms with E-state index in [-0.39, 0.29) is 0 Å². The average molecular weight is 224 g/mol. The Morgan fingerprint density at radius 1 is 1.29 bits per heavy atom. The molecule has 4 nitrogen and oxygen atoms in total. The van der Waals surface area contributed by atoms with Crippen molar-refractivity contribution in [1.29, 1.82) is 5.26 Å². The second-order valence-electron chi connectivity index (χ2n) is 3.70. The summed E-state index contributed by atoms with van der Waals surface area (Å²) in [5, 5.41) is 11.9. The molecule has 0 aliphatic carbocycles. The van der Waals surface area contributed by atoms with E-state index in [2.05, 4.69) is 22.2 Å². The Bertz CT molecular complexity index is 540. The fraction of sp³-hybridized carbons (Fsp3) is 0.154. The van der Waals surface area contributed by atoms with E-state index in [0.717, 1.165) is 11.3 Å². The lowest BCUT2D eigenvalue weighted by molar-refractivity contribution is 1.08. The van der Waals surface area contributed by atoms with Crippen molar-refractivity contribution in [1.82, 2.24) is 9.97 Å². The number of anilines is 1. The Morgan fingerprint density at radius 2 is 2.18 bits per heavy atom.